The maximum atomic E-state index is 13.0. The lowest BCUT2D eigenvalue weighted by Crippen LogP contribution is -2.48. The lowest BCUT2D eigenvalue weighted by Gasteiger charge is -2.34. The molecule has 0 radical (unpaired) electrons. The third-order valence-corrected chi connectivity index (χ3v) is 7.18. The number of ether oxygens (including phenoxy) is 1. The first-order valence-electron chi connectivity index (χ1n) is 13.6. The lowest BCUT2D eigenvalue weighted by atomic mass is 10.1. The summed E-state index contributed by atoms with van der Waals surface area (Å²) in [6, 6.07) is 23.5. The van der Waals surface area contributed by atoms with Crippen LogP contribution in [0.2, 0.25) is 0 Å². The van der Waals surface area contributed by atoms with Gasteiger partial charge in [-0.25, -0.2) is 4.79 Å². The lowest BCUT2D eigenvalue weighted by molar-refractivity contribution is 0.0737. The number of amides is 2. The van der Waals surface area contributed by atoms with Crippen molar-refractivity contribution in [2.24, 2.45) is 0 Å². The zero-order valence-corrected chi connectivity index (χ0v) is 22.6. The van der Waals surface area contributed by atoms with Crippen molar-refractivity contribution in [1.82, 2.24) is 9.80 Å². The quantitative estimate of drug-likeness (QED) is 0.259. The number of nitrogens with zero attached hydrogens (tertiary/aromatic N) is 2. The number of nitrogens with one attached hydrogen (secondary N) is 1. The van der Waals surface area contributed by atoms with Crippen LogP contribution in [0.25, 0.3) is 22.3 Å². The van der Waals surface area contributed by atoms with E-state index in [0.29, 0.717) is 36.7 Å². The van der Waals surface area contributed by atoms with Gasteiger partial charge in [0.15, 0.2) is 0 Å². The van der Waals surface area contributed by atoms with Crippen molar-refractivity contribution in [3.63, 3.8) is 0 Å². The zero-order chi connectivity index (χ0) is 27.2. The Morgan fingerprint density at radius 3 is 2.51 bits per heavy atom. The van der Waals surface area contributed by atoms with Crippen molar-refractivity contribution in [2.45, 2.75) is 33.2 Å². The summed E-state index contributed by atoms with van der Waals surface area (Å²) >= 11 is 0. The minimum atomic E-state index is -0.206. The highest BCUT2D eigenvalue weighted by atomic mass is 16.6. The van der Waals surface area contributed by atoms with Crippen LogP contribution in [0.15, 0.2) is 77.2 Å². The minimum Gasteiger partial charge on any atom is -0.456 e. The van der Waals surface area contributed by atoms with Gasteiger partial charge in [0.05, 0.1) is 12.3 Å². The van der Waals surface area contributed by atoms with Gasteiger partial charge in [0.25, 0.3) is 5.91 Å². The van der Waals surface area contributed by atoms with Gasteiger partial charge in [0.1, 0.15) is 11.3 Å². The van der Waals surface area contributed by atoms with Crippen LogP contribution in [0.3, 0.4) is 0 Å². The van der Waals surface area contributed by atoms with Crippen LogP contribution < -0.4 is 5.32 Å². The normalized spacial score (nSPS) is 13.9. The summed E-state index contributed by atoms with van der Waals surface area (Å²) in [4.78, 5) is 29.3. The van der Waals surface area contributed by atoms with Gasteiger partial charge in [-0.3, -0.25) is 9.69 Å². The Morgan fingerprint density at radius 1 is 0.949 bits per heavy atom. The van der Waals surface area contributed by atoms with E-state index in [4.69, 9.17) is 9.15 Å². The van der Waals surface area contributed by atoms with Crippen molar-refractivity contribution in [2.75, 3.05) is 38.1 Å². The van der Waals surface area contributed by atoms with E-state index in [1.807, 2.05) is 61.5 Å². The molecule has 7 nitrogen and oxygen atoms in total. The van der Waals surface area contributed by atoms with Gasteiger partial charge in [-0.2, -0.15) is 0 Å². The molecule has 202 valence electrons. The monoisotopic (exact) mass is 525 g/mol. The SMILES string of the molecule is CCCCOC(=O)N1CCN(Cc2ccc3cc(-c4ccccc4NC(=O)c4ccccc4C)oc3c2)CC1. The molecule has 0 spiro atoms. The summed E-state index contributed by atoms with van der Waals surface area (Å²) in [5.41, 5.74) is 5.08. The molecule has 1 aliphatic heterocycles. The summed E-state index contributed by atoms with van der Waals surface area (Å²) < 4.78 is 11.6. The van der Waals surface area contributed by atoms with E-state index >= 15 is 0 Å². The van der Waals surface area contributed by atoms with Crippen LogP contribution in [0.4, 0.5) is 10.5 Å². The summed E-state index contributed by atoms with van der Waals surface area (Å²) in [7, 11) is 0. The summed E-state index contributed by atoms with van der Waals surface area (Å²) in [5.74, 6) is 0.561. The van der Waals surface area contributed by atoms with Crippen molar-refractivity contribution >= 4 is 28.7 Å². The summed E-state index contributed by atoms with van der Waals surface area (Å²) in [5, 5.41) is 4.07. The highest BCUT2D eigenvalue weighted by Crippen LogP contribution is 2.33. The number of hydrogen-bond donors (Lipinski definition) is 1. The third-order valence-electron chi connectivity index (χ3n) is 7.18. The first kappa shape index (κ1) is 26.5. The molecule has 0 unspecified atom stereocenters. The van der Waals surface area contributed by atoms with Crippen LogP contribution >= 0.6 is 0 Å². The smallest absolute Gasteiger partial charge is 0.409 e. The third kappa shape index (κ3) is 6.32. The molecule has 4 aromatic rings. The van der Waals surface area contributed by atoms with Gasteiger partial charge >= 0.3 is 6.09 Å². The standard InChI is InChI=1S/C32H35N3O4/c1-3-4-19-38-32(37)35-17-15-34(16-18-35)22-24-13-14-25-21-30(39-29(25)20-24)27-11-7-8-12-28(27)33-31(36)26-10-6-5-9-23(26)2/h5-14,20-21H,3-4,15-19,22H2,1-2H3,(H,33,36). The van der Waals surface area contributed by atoms with E-state index in [1.165, 1.54) is 0 Å². The number of anilines is 1. The molecule has 0 aliphatic carbocycles. The Kier molecular flexibility index (Phi) is 8.27. The molecule has 0 saturated carbocycles. The number of carbonyl (C=O) groups excluding carboxylic acids is 2. The average Bonchev–Trinajstić information content (AvgIpc) is 3.37. The molecule has 0 atom stereocenters. The molecule has 3 aromatic carbocycles. The zero-order valence-electron chi connectivity index (χ0n) is 22.6. The molecular weight excluding hydrogens is 490 g/mol. The molecule has 5 rings (SSSR count). The Morgan fingerprint density at radius 2 is 1.72 bits per heavy atom. The van der Waals surface area contributed by atoms with Gasteiger partial charge in [0, 0.05) is 49.2 Å². The van der Waals surface area contributed by atoms with Crippen LogP contribution in [0.1, 0.15) is 41.3 Å². The van der Waals surface area contributed by atoms with E-state index in [1.54, 1.807) is 4.90 Å². The highest BCUT2D eigenvalue weighted by Gasteiger charge is 2.22. The summed E-state index contributed by atoms with van der Waals surface area (Å²) in [6.07, 6.45) is 1.71. The molecule has 1 fully saturated rings. The fourth-order valence-electron chi connectivity index (χ4n) is 4.87. The highest BCUT2D eigenvalue weighted by molar-refractivity contribution is 6.07. The van der Waals surface area contributed by atoms with Gasteiger partial charge in [-0.1, -0.05) is 55.8 Å². The van der Waals surface area contributed by atoms with E-state index in [0.717, 1.165) is 60.1 Å². The van der Waals surface area contributed by atoms with E-state index in [-0.39, 0.29) is 12.0 Å². The van der Waals surface area contributed by atoms with Crippen LogP contribution in [0, 0.1) is 6.92 Å². The van der Waals surface area contributed by atoms with Crippen LogP contribution in [-0.4, -0.2) is 54.6 Å². The van der Waals surface area contributed by atoms with E-state index < -0.39 is 0 Å². The molecule has 0 bridgehead atoms. The molecule has 1 saturated heterocycles. The second kappa shape index (κ2) is 12.2. The van der Waals surface area contributed by atoms with Crippen molar-refractivity contribution in [3.8, 4) is 11.3 Å². The predicted octanol–water partition coefficient (Wildman–Crippen LogP) is 6.71. The molecule has 2 heterocycles. The van der Waals surface area contributed by atoms with Crippen molar-refractivity contribution in [1.29, 1.82) is 0 Å². The Labute approximate surface area is 229 Å². The van der Waals surface area contributed by atoms with E-state index in [2.05, 4.69) is 35.3 Å². The number of hydrogen-bond acceptors (Lipinski definition) is 5. The van der Waals surface area contributed by atoms with Crippen molar-refractivity contribution < 1.29 is 18.7 Å². The largest absolute Gasteiger partial charge is 0.456 e. The Bertz CT molecular complexity index is 1450. The fraction of sp³-hybridized carbons (Fsp3) is 0.312. The maximum absolute atomic E-state index is 13.0. The molecule has 1 N–H and O–H groups in total. The van der Waals surface area contributed by atoms with Gasteiger partial charge in [0.2, 0.25) is 0 Å². The van der Waals surface area contributed by atoms with E-state index in [9.17, 15) is 9.59 Å². The number of para-hydroxylation sites is 1. The topological polar surface area (TPSA) is 75.0 Å². The Balaban J connectivity index is 1.25. The fourth-order valence-corrected chi connectivity index (χ4v) is 4.87. The molecule has 1 aromatic heterocycles. The second-order valence-electron chi connectivity index (χ2n) is 10.0. The number of aryl methyl sites for hydroxylation is 1. The molecule has 7 heteroatoms. The predicted molar refractivity (Wildman–Crippen MR) is 154 cm³/mol. The molecule has 1 aliphatic rings. The molecular formula is C32H35N3O4. The maximum Gasteiger partial charge on any atom is 0.409 e. The number of furan rings is 1. The van der Waals surface area contributed by atoms with Crippen molar-refractivity contribution in [3.05, 3.63) is 89.5 Å². The van der Waals surface area contributed by atoms with Gasteiger partial charge < -0.3 is 19.4 Å². The first-order chi connectivity index (χ1) is 19.0. The minimum absolute atomic E-state index is 0.145. The van der Waals surface area contributed by atoms with Crippen LogP contribution in [-0.2, 0) is 11.3 Å². The molecule has 2 amide bonds. The Hall–Kier alpha value is -4.10. The number of rotatable bonds is 8. The average molecular weight is 526 g/mol. The van der Waals surface area contributed by atoms with Gasteiger partial charge in [-0.05, 0) is 54.8 Å². The van der Waals surface area contributed by atoms with Crippen LogP contribution in [0.5, 0.6) is 0 Å². The second-order valence-corrected chi connectivity index (χ2v) is 10.0. The number of benzene rings is 3. The van der Waals surface area contributed by atoms with Gasteiger partial charge in [-0.15, -0.1) is 0 Å². The number of carbonyl (C=O) groups is 2. The molecule has 39 heavy (non-hydrogen) atoms. The first-order valence-corrected chi connectivity index (χ1v) is 13.6. The number of unbranched alkanes of at least 4 members (excludes halogenated alkanes) is 1. The number of fused-ring (bicyclic) bond motifs is 1. The number of piperazine rings is 1. The summed E-state index contributed by atoms with van der Waals surface area (Å²) in [6.45, 7) is 8.24.